The molecule has 31 heavy (non-hydrogen) atoms. The van der Waals surface area contributed by atoms with Gasteiger partial charge in [-0.25, -0.2) is 0 Å². The molecule has 164 valence electrons. The van der Waals surface area contributed by atoms with Crippen molar-refractivity contribution in [2.24, 2.45) is 0 Å². The second-order valence-corrected chi connectivity index (χ2v) is 8.23. The van der Waals surface area contributed by atoms with E-state index in [9.17, 15) is 5.11 Å². The van der Waals surface area contributed by atoms with Gasteiger partial charge in [0.05, 0.1) is 0 Å². The second-order valence-electron chi connectivity index (χ2n) is 8.23. The summed E-state index contributed by atoms with van der Waals surface area (Å²) in [5, 5.41) is 13.2. The predicted octanol–water partition coefficient (Wildman–Crippen LogP) is 6.43. The van der Waals surface area contributed by atoms with Gasteiger partial charge in [-0.2, -0.15) is 0 Å². The molecule has 3 nitrogen and oxygen atoms in total. The Hall–Kier alpha value is -2.94. The summed E-state index contributed by atoms with van der Waals surface area (Å²) in [6, 6.07) is 16.7. The van der Waals surface area contributed by atoms with Crippen LogP contribution in [0.4, 0.5) is 11.4 Å². The molecule has 4 N–H and O–H groups in total. The van der Waals surface area contributed by atoms with Crippen molar-refractivity contribution in [2.75, 3.05) is 11.1 Å². The van der Waals surface area contributed by atoms with E-state index < -0.39 is 0 Å². The number of rotatable bonds is 9. The van der Waals surface area contributed by atoms with Crippen LogP contribution in [0.3, 0.4) is 0 Å². The van der Waals surface area contributed by atoms with E-state index in [4.69, 9.17) is 5.73 Å². The molecule has 0 aliphatic carbocycles. The number of nitrogens with one attached hydrogen (secondary N) is 1. The monoisotopic (exact) mass is 416 g/mol. The van der Waals surface area contributed by atoms with Crippen LogP contribution in [0.1, 0.15) is 66.6 Å². The Labute approximate surface area is 187 Å². The van der Waals surface area contributed by atoms with Crippen LogP contribution < -0.4 is 11.1 Å². The summed E-state index contributed by atoms with van der Waals surface area (Å²) < 4.78 is 0. The van der Waals surface area contributed by atoms with Crippen LogP contribution in [0.2, 0.25) is 0 Å². The molecule has 0 atom stereocenters. The molecule has 0 amide bonds. The summed E-state index contributed by atoms with van der Waals surface area (Å²) in [5.74, 6) is 0.303. The molecule has 0 saturated carbocycles. The van der Waals surface area contributed by atoms with E-state index in [2.05, 4.69) is 57.3 Å². The van der Waals surface area contributed by atoms with Crippen molar-refractivity contribution in [1.29, 1.82) is 0 Å². The molecule has 0 fully saturated rings. The Morgan fingerprint density at radius 1 is 0.677 bits per heavy atom. The number of phenolic OH excluding ortho intramolecular Hbond substituents is 1. The highest BCUT2D eigenvalue weighted by molar-refractivity contribution is 5.61. The number of nitrogens with two attached hydrogens (primary N) is 1. The number of phenols is 1. The maximum atomic E-state index is 9.51. The van der Waals surface area contributed by atoms with Gasteiger partial charge >= 0.3 is 0 Å². The zero-order chi connectivity index (χ0) is 22.4. The summed E-state index contributed by atoms with van der Waals surface area (Å²) >= 11 is 0. The fourth-order valence-corrected chi connectivity index (χ4v) is 4.30. The van der Waals surface area contributed by atoms with Gasteiger partial charge in [0.25, 0.3) is 0 Å². The van der Waals surface area contributed by atoms with Crippen molar-refractivity contribution in [3.8, 4) is 5.75 Å². The van der Waals surface area contributed by atoms with E-state index in [1.807, 2.05) is 12.1 Å². The molecule has 3 aromatic carbocycles. The Kier molecular flexibility index (Phi) is 7.62. The van der Waals surface area contributed by atoms with Crippen LogP contribution in [0.25, 0.3) is 0 Å². The van der Waals surface area contributed by atoms with Crippen molar-refractivity contribution in [3.63, 3.8) is 0 Å². The minimum absolute atomic E-state index is 0.303. The van der Waals surface area contributed by atoms with E-state index >= 15 is 0 Å². The minimum atomic E-state index is 0.303. The largest absolute Gasteiger partial charge is 0.508 e. The Bertz CT molecular complexity index is 972. The van der Waals surface area contributed by atoms with Crippen LogP contribution in [0.5, 0.6) is 5.75 Å². The molecule has 3 aromatic rings. The van der Waals surface area contributed by atoms with Crippen molar-refractivity contribution in [1.82, 2.24) is 0 Å². The molecule has 0 aliphatic rings. The summed E-state index contributed by atoms with van der Waals surface area (Å²) in [4.78, 5) is 0. The first-order chi connectivity index (χ1) is 15.0. The van der Waals surface area contributed by atoms with Gasteiger partial charge in [0, 0.05) is 17.9 Å². The lowest BCUT2D eigenvalue weighted by atomic mass is 9.92. The molecule has 0 spiro atoms. The molecular weight excluding hydrogens is 380 g/mol. The summed E-state index contributed by atoms with van der Waals surface area (Å²) in [6.07, 6.45) is 4.83. The maximum Gasteiger partial charge on any atom is 0.115 e. The summed E-state index contributed by atoms with van der Waals surface area (Å²) in [7, 11) is 0. The zero-order valence-electron chi connectivity index (χ0n) is 19.4. The first kappa shape index (κ1) is 22.7. The molecule has 0 aliphatic heterocycles. The number of nitrogen functional groups attached to an aromatic ring is 1. The van der Waals surface area contributed by atoms with Crippen molar-refractivity contribution >= 4 is 11.4 Å². The molecule has 0 radical (unpaired) electrons. The Balaban J connectivity index is 1.88. The second kappa shape index (κ2) is 10.4. The van der Waals surface area contributed by atoms with Gasteiger partial charge in [-0.15, -0.1) is 0 Å². The molecule has 0 bridgehead atoms. The van der Waals surface area contributed by atoms with E-state index in [-0.39, 0.29) is 0 Å². The zero-order valence-corrected chi connectivity index (χ0v) is 19.4. The van der Waals surface area contributed by atoms with E-state index in [1.54, 1.807) is 12.1 Å². The van der Waals surface area contributed by atoms with Crippen LogP contribution in [-0.4, -0.2) is 5.11 Å². The van der Waals surface area contributed by atoms with E-state index in [0.29, 0.717) is 5.75 Å². The summed E-state index contributed by atoms with van der Waals surface area (Å²) in [6.45, 7) is 9.54. The lowest BCUT2D eigenvalue weighted by Crippen LogP contribution is -2.07. The lowest BCUT2D eigenvalue weighted by molar-refractivity contribution is 0.475. The quantitative estimate of drug-likeness (QED) is 0.352. The average molecular weight is 417 g/mol. The molecule has 0 heterocycles. The summed E-state index contributed by atoms with van der Waals surface area (Å²) in [5.41, 5.74) is 17.7. The minimum Gasteiger partial charge on any atom is -0.508 e. The maximum absolute atomic E-state index is 9.51. The number of hydrogen-bond acceptors (Lipinski definition) is 3. The Morgan fingerprint density at radius 3 is 1.58 bits per heavy atom. The predicted molar refractivity (Wildman–Crippen MR) is 133 cm³/mol. The van der Waals surface area contributed by atoms with Gasteiger partial charge in [-0.1, -0.05) is 64.1 Å². The third-order valence-electron chi connectivity index (χ3n) is 6.11. The average Bonchev–Trinajstić information content (AvgIpc) is 2.79. The van der Waals surface area contributed by atoms with E-state index in [1.165, 1.54) is 39.1 Å². The number of aromatic hydroxyl groups is 1. The molecule has 0 unspecified atom stereocenters. The van der Waals surface area contributed by atoms with Gasteiger partial charge in [-0.3, -0.25) is 0 Å². The van der Waals surface area contributed by atoms with Gasteiger partial charge < -0.3 is 16.2 Å². The highest BCUT2D eigenvalue weighted by Crippen LogP contribution is 2.29. The molecule has 3 rings (SSSR count). The number of anilines is 2. The normalized spacial score (nSPS) is 11.0. The number of hydrogen-bond donors (Lipinski definition) is 3. The number of aryl methyl sites for hydroxylation is 4. The molecular formula is C28H36N2O. The number of benzene rings is 3. The highest BCUT2D eigenvalue weighted by Gasteiger charge is 2.12. The fraction of sp³-hybridized carbons (Fsp3) is 0.357. The molecule has 0 saturated heterocycles. The SMILES string of the molecule is CCc1cc(Cc2cc(CC)c(NCc3ccc(O)cc3)c(CC)c2)cc(CC)c1N. The van der Waals surface area contributed by atoms with Gasteiger partial charge in [-0.05, 0) is 83.2 Å². The topological polar surface area (TPSA) is 58.3 Å². The first-order valence-electron chi connectivity index (χ1n) is 11.5. The fourth-order valence-electron chi connectivity index (χ4n) is 4.30. The van der Waals surface area contributed by atoms with Crippen LogP contribution in [0, 0.1) is 0 Å². The lowest BCUT2D eigenvalue weighted by Gasteiger charge is -2.19. The third-order valence-corrected chi connectivity index (χ3v) is 6.11. The van der Waals surface area contributed by atoms with Gasteiger partial charge in [0.15, 0.2) is 0 Å². The molecule has 0 aromatic heterocycles. The Morgan fingerprint density at radius 2 is 1.13 bits per heavy atom. The van der Waals surface area contributed by atoms with Gasteiger partial charge in [0.1, 0.15) is 5.75 Å². The highest BCUT2D eigenvalue weighted by atomic mass is 16.3. The first-order valence-corrected chi connectivity index (χ1v) is 11.5. The van der Waals surface area contributed by atoms with Crippen LogP contribution >= 0.6 is 0 Å². The van der Waals surface area contributed by atoms with Crippen LogP contribution in [0.15, 0.2) is 48.5 Å². The molecule has 3 heteroatoms. The smallest absolute Gasteiger partial charge is 0.115 e. The standard InChI is InChI=1S/C28H36N2O/c1-5-22-14-20(15-23(6-2)27(22)29)13-21-16-24(7-3)28(25(8-4)17-21)30-18-19-9-11-26(31)12-10-19/h9-12,14-17,30-31H,5-8,13,18,29H2,1-4H3. The van der Waals surface area contributed by atoms with Crippen molar-refractivity contribution in [2.45, 2.75) is 66.3 Å². The van der Waals surface area contributed by atoms with Gasteiger partial charge in [0.2, 0.25) is 0 Å². The van der Waals surface area contributed by atoms with Crippen molar-refractivity contribution in [3.05, 3.63) is 87.5 Å². The van der Waals surface area contributed by atoms with Crippen LogP contribution in [-0.2, 0) is 38.6 Å². The third kappa shape index (κ3) is 5.41. The van der Waals surface area contributed by atoms with Crippen molar-refractivity contribution < 1.29 is 5.11 Å². The van der Waals surface area contributed by atoms with E-state index in [0.717, 1.165) is 49.9 Å².